The molecule has 0 radical (unpaired) electrons. The van der Waals surface area contributed by atoms with E-state index in [0.29, 0.717) is 5.82 Å². The first-order chi connectivity index (χ1) is 16.2. The molecule has 1 aliphatic carbocycles. The fourth-order valence-electron chi connectivity index (χ4n) is 5.73. The Labute approximate surface area is 198 Å². The molecule has 2 aliphatic rings. The van der Waals surface area contributed by atoms with Gasteiger partial charge in [-0.2, -0.15) is 0 Å². The van der Waals surface area contributed by atoms with Crippen molar-refractivity contribution in [3.63, 3.8) is 0 Å². The maximum Gasteiger partial charge on any atom is 0.124 e. The zero-order valence-corrected chi connectivity index (χ0v) is 19.6. The minimum absolute atomic E-state index is 0.575. The summed E-state index contributed by atoms with van der Waals surface area (Å²) in [6, 6.07) is 26.5. The molecule has 1 aliphatic heterocycles. The van der Waals surface area contributed by atoms with E-state index in [1.54, 1.807) is 0 Å². The summed E-state index contributed by atoms with van der Waals surface area (Å²) >= 11 is 0. The molecule has 33 heavy (non-hydrogen) atoms. The van der Waals surface area contributed by atoms with E-state index < -0.39 is 0 Å². The van der Waals surface area contributed by atoms with Gasteiger partial charge in [-0.3, -0.25) is 9.80 Å². The zero-order chi connectivity index (χ0) is 22.5. The molecule has 2 atom stereocenters. The van der Waals surface area contributed by atoms with Crippen LogP contribution in [0.5, 0.6) is 0 Å². The Morgan fingerprint density at radius 1 is 0.758 bits per heavy atom. The lowest BCUT2D eigenvalue weighted by Crippen LogP contribution is -2.53. The lowest BCUT2D eigenvalue weighted by atomic mass is 9.79. The average molecular weight is 441 g/mol. The summed E-state index contributed by atoms with van der Waals surface area (Å²) in [5, 5.41) is 0. The van der Waals surface area contributed by atoms with Gasteiger partial charge in [0.05, 0.1) is 5.69 Å². The normalized spacial score (nSPS) is 22.3. The van der Waals surface area contributed by atoms with Crippen molar-refractivity contribution in [1.82, 2.24) is 14.8 Å². The topological polar surface area (TPSA) is 45.4 Å². The number of nitrogens with zero attached hydrogens (tertiary/aromatic N) is 3. The third kappa shape index (κ3) is 5.63. The molecule has 1 aromatic heterocycles. The second-order valence-corrected chi connectivity index (χ2v) is 9.76. The van der Waals surface area contributed by atoms with Crippen LogP contribution in [-0.4, -0.2) is 47.0 Å². The number of piperazine rings is 1. The fraction of sp³-hybridized carbons (Fsp3) is 0.414. The molecule has 5 rings (SSSR count). The summed E-state index contributed by atoms with van der Waals surface area (Å²) in [4.78, 5) is 9.88. The standard InChI is InChI=1S/C29H36N4/c30-29-12-6-10-27(31-29)25-15-13-23(14-16-25)21-26-9-4-5-11-28(26)33-19-17-32(18-20-33)22-24-7-2-1-3-8-24/h1-3,6-8,10,12-16,26,28H,4-5,9,11,17-22H2,(H2,30,31). The molecule has 4 heteroatoms. The summed E-state index contributed by atoms with van der Waals surface area (Å²) in [7, 11) is 0. The predicted octanol–water partition coefficient (Wildman–Crippen LogP) is 5.25. The first-order valence-electron chi connectivity index (χ1n) is 12.6. The fourth-order valence-corrected chi connectivity index (χ4v) is 5.73. The summed E-state index contributed by atoms with van der Waals surface area (Å²) in [6.45, 7) is 5.85. The van der Waals surface area contributed by atoms with Crippen LogP contribution in [0.25, 0.3) is 11.3 Å². The Bertz CT molecular complexity index is 1010. The largest absolute Gasteiger partial charge is 0.384 e. The van der Waals surface area contributed by atoms with Crippen molar-refractivity contribution < 1.29 is 0 Å². The van der Waals surface area contributed by atoms with Crippen molar-refractivity contribution >= 4 is 5.82 Å². The van der Waals surface area contributed by atoms with E-state index in [2.05, 4.69) is 69.4 Å². The number of anilines is 1. The smallest absolute Gasteiger partial charge is 0.124 e. The van der Waals surface area contributed by atoms with Gasteiger partial charge >= 0.3 is 0 Å². The molecule has 0 amide bonds. The SMILES string of the molecule is Nc1cccc(-c2ccc(CC3CCCCC3N3CCN(Cc4ccccc4)CC3)cc2)n1. The first kappa shape index (κ1) is 22.1. The highest BCUT2D eigenvalue weighted by Gasteiger charge is 2.32. The number of pyridine rings is 1. The Balaban J connectivity index is 1.19. The summed E-state index contributed by atoms with van der Waals surface area (Å²) < 4.78 is 0. The first-order valence-corrected chi connectivity index (χ1v) is 12.6. The third-order valence-corrected chi connectivity index (χ3v) is 7.51. The maximum absolute atomic E-state index is 5.86. The van der Waals surface area contributed by atoms with Gasteiger partial charge in [-0.25, -0.2) is 4.98 Å². The van der Waals surface area contributed by atoms with Crippen molar-refractivity contribution in [1.29, 1.82) is 0 Å². The van der Waals surface area contributed by atoms with Gasteiger partial charge < -0.3 is 5.73 Å². The highest BCUT2D eigenvalue weighted by Crippen LogP contribution is 2.32. The molecule has 1 saturated heterocycles. The van der Waals surface area contributed by atoms with Crippen LogP contribution >= 0.6 is 0 Å². The van der Waals surface area contributed by atoms with Gasteiger partial charge in [-0.1, -0.05) is 73.5 Å². The average Bonchev–Trinajstić information content (AvgIpc) is 2.86. The molecule has 0 spiro atoms. The van der Waals surface area contributed by atoms with Crippen molar-refractivity contribution in [3.05, 3.63) is 83.9 Å². The lowest BCUT2D eigenvalue weighted by molar-refractivity contribution is 0.0469. The molecule has 2 aromatic carbocycles. The number of benzene rings is 2. The van der Waals surface area contributed by atoms with Gasteiger partial charge in [0.1, 0.15) is 5.82 Å². The number of nitrogen functional groups attached to an aromatic ring is 1. The Hall–Kier alpha value is -2.69. The van der Waals surface area contributed by atoms with Crippen LogP contribution in [0.2, 0.25) is 0 Å². The monoisotopic (exact) mass is 440 g/mol. The minimum Gasteiger partial charge on any atom is -0.384 e. The molecule has 3 aromatic rings. The van der Waals surface area contributed by atoms with E-state index in [-0.39, 0.29) is 0 Å². The highest BCUT2D eigenvalue weighted by atomic mass is 15.3. The maximum atomic E-state index is 5.86. The van der Waals surface area contributed by atoms with Gasteiger partial charge in [0.25, 0.3) is 0 Å². The van der Waals surface area contributed by atoms with Crippen LogP contribution in [0.3, 0.4) is 0 Å². The lowest BCUT2D eigenvalue weighted by Gasteiger charge is -2.44. The summed E-state index contributed by atoms with van der Waals surface area (Å²) in [5.74, 6) is 1.33. The predicted molar refractivity (Wildman–Crippen MR) is 137 cm³/mol. The molecule has 1 saturated carbocycles. The number of hydrogen-bond acceptors (Lipinski definition) is 4. The van der Waals surface area contributed by atoms with E-state index in [1.807, 2.05) is 18.2 Å². The Morgan fingerprint density at radius 3 is 2.27 bits per heavy atom. The number of nitrogens with two attached hydrogens (primary N) is 1. The summed E-state index contributed by atoms with van der Waals surface area (Å²) in [5.41, 5.74) is 10.8. The zero-order valence-electron chi connectivity index (χ0n) is 19.6. The molecule has 172 valence electrons. The van der Waals surface area contributed by atoms with E-state index >= 15 is 0 Å². The van der Waals surface area contributed by atoms with Crippen LogP contribution in [0.4, 0.5) is 5.82 Å². The number of hydrogen-bond donors (Lipinski definition) is 1. The second-order valence-electron chi connectivity index (χ2n) is 9.76. The highest BCUT2D eigenvalue weighted by molar-refractivity contribution is 5.61. The van der Waals surface area contributed by atoms with Gasteiger partial charge in [-0.15, -0.1) is 0 Å². The van der Waals surface area contributed by atoms with Gasteiger partial charge in [0.15, 0.2) is 0 Å². The number of aromatic nitrogens is 1. The molecule has 2 heterocycles. The molecule has 2 N–H and O–H groups in total. The van der Waals surface area contributed by atoms with Crippen molar-refractivity contribution in [2.75, 3.05) is 31.9 Å². The van der Waals surface area contributed by atoms with Crippen molar-refractivity contribution in [2.45, 2.75) is 44.7 Å². The van der Waals surface area contributed by atoms with E-state index in [0.717, 1.165) is 29.8 Å². The minimum atomic E-state index is 0.575. The van der Waals surface area contributed by atoms with Crippen LogP contribution < -0.4 is 5.73 Å². The van der Waals surface area contributed by atoms with E-state index in [9.17, 15) is 0 Å². The van der Waals surface area contributed by atoms with Gasteiger partial charge in [0, 0.05) is 44.3 Å². The van der Waals surface area contributed by atoms with E-state index in [1.165, 1.54) is 69.4 Å². The molecular formula is C29H36N4. The molecule has 2 fully saturated rings. The van der Waals surface area contributed by atoms with Gasteiger partial charge in [0.2, 0.25) is 0 Å². The molecule has 2 unspecified atom stereocenters. The molecule has 4 nitrogen and oxygen atoms in total. The summed E-state index contributed by atoms with van der Waals surface area (Å²) in [6.07, 6.45) is 6.65. The second kappa shape index (κ2) is 10.5. The van der Waals surface area contributed by atoms with Crippen LogP contribution in [0, 0.1) is 5.92 Å². The van der Waals surface area contributed by atoms with E-state index in [4.69, 9.17) is 5.73 Å². The Kier molecular flexibility index (Phi) is 7.03. The molecular weight excluding hydrogens is 404 g/mol. The number of rotatable bonds is 6. The quantitative estimate of drug-likeness (QED) is 0.569. The van der Waals surface area contributed by atoms with Crippen molar-refractivity contribution in [2.24, 2.45) is 5.92 Å². The van der Waals surface area contributed by atoms with Crippen LogP contribution in [-0.2, 0) is 13.0 Å². The third-order valence-electron chi connectivity index (χ3n) is 7.51. The van der Waals surface area contributed by atoms with Crippen LogP contribution in [0.1, 0.15) is 36.8 Å². The van der Waals surface area contributed by atoms with Gasteiger partial charge in [-0.05, 0) is 48.4 Å². The Morgan fingerprint density at radius 2 is 1.52 bits per heavy atom. The van der Waals surface area contributed by atoms with Crippen molar-refractivity contribution in [3.8, 4) is 11.3 Å². The molecule has 0 bridgehead atoms. The van der Waals surface area contributed by atoms with Crippen LogP contribution in [0.15, 0.2) is 72.8 Å².